The van der Waals surface area contributed by atoms with Gasteiger partial charge in [0, 0.05) is 12.6 Å². The van der Waals surface area contributed by atoms with Crippen LogP contribution in [0.25, 0.3) is 0 Å². The van der Waals surface area contributed by atoms with Crippen molar-refractivity contribution < 1.29 is 14.1 Å². The van der Waals surface area contributed by atoms with E-state index in [9.17, 15) is 19.3 Å². The molecule has 0 aliphatic carbocycles. The lowest BCUT2D eigenvalue weighted by atomic mass is 10.1. The first-order chi connectivity index (χ1) is 11.4. The average molecular weight is 335 g/mol. The molecule has 0 unspecified atom stereocenters. The van der Waals surface area contributed by atoms with Gasteiger partial charge in [0.25, 0.3) is 0 Å². The first kappa shape index (κ1) is 17.4. The molecule has 128 valence electrons. The summed E-state index contributed by atoms with van der Waals surface area (Å²) in [6.45, 7) is 2.41. The van der Waals surface area contributed by atoms with Crippen LogP contribution in [0.1, 0.15) is 12.5 Å². The molecule has 0 saturated heterocycles. The molecule has 0 fully saturated rings. The van der Waals surface area contributed by atoms with Gasteiger partial charge in [-0.05, 0) is 31.0 Å². The number of aromatic nitrogens is 2. The van der Waals surface area contributed by atoms with Crippen molar-refractivity contribution in [2.45, 2.75) is 25.9 Å². The zero-order valence-corrected chi connectivity index (χ0v) is 13.1. The third-order valence-corrected chi connectivity index (χ3v) is 3.27. The highest BCUT2D eigenvalue weighted by Gasteiger charge is 2.10. The van der Waals surface area contributed by atoms with Gasteiger partial charge in [-0.1, -0.05) is 12.1 Å². The van der Waals surface area contributed by atoms with Crippen molar-refractivity contribution in [3.63, 3.8) is 0 Å². The van der Waals surface area contributed by atoms with Gasteiger partial charge in [-0.2, -0.15) is 5.10 Å². The molecule has 2 rings (SSSR count). The Labute approximate surface area is 137 Å². The summed E-state index contributed by atoms with van der Waals surface area (Å²) in [6.07, 6.45) is 2.96. The number of halogens is 1. The van der Waals surface area contributed by atoms with E-state index in [4.69, 9.17) is 0 Å². The topological polar surface area (TPSA) is 102 Å². The normalized spacial score (nSPS) is 11.8. The maximum atomic E-state index is 13.1. The smallest absolute Gasteiger partial charge is 0.315 e. The van der Waals surface area contributed by atoms with Crippen molar-refractivity contribution in [2.75, 3.05) is 6.54 Å². The Morgan fingerprint density at radius 3 is 2.96 bits per heavy atom. The molecule has 0 aliphatic heterocycles. The molecular formula is C15H18FN5O3. The van der Waals surface area contributed by atoms with E-state index in [1.54, 1.807) is 12.1 Å². The van der Waals surface area contributed by atoms with E-state index >= 15 is 0 Å². The summed E-state index contributed by atoms with van der Waals surface area (Å²) >= 11 is 0. The number of hydrogen-bond acceptors (Lipinski definition) is 4. The monoisotopic (exact) mass is 335 g/mol. The Hall–Kier alpha value is -2.97. The lowest BCUT2D eigenvalue weighted by Crippen LogP contribution is -2.42. The lowest BCUT2D eigenvalue weighted by Gasteiger charge is -2.14. The van der Waals surface area contributed by atoms with Crippen LogP contribution >= 0.6 is 0 Å². The second-order valence-corrected chi connectivity index (χ2v) is 5.35. The fourth-order valence-corrected chi connectivity index (χ4v) is 2.20. The average Bonchev–Trinajstić information content (AvgIpc) is 2.96. The van der Waals surface area contributed by atoms with Crippen LogP contribution in [0.4, 0.5) is 14.9 Å². The third kappa shape index (κ3) is 5.34. The molecule has 1 aromatic carbocycles. The minimum Gasteiger partial charge on any atom is -0.336 e. The number of rotatable bonds is 7. The first-order valence-electron chi connectivity index (χ1n) is 7.39. The van der Waals surface area contributed by atoms with E-state index in [-0.39, 0.29) is 30.1 Å². The first-order valence-corrected chi connectivity index (χ1v) is 7.39. The molecule has 0 saturated carbocycles. The van der Waals surface area contributed by atoms with Crippen LogP contribution in [0.3, 0.4) is 0 Å². The van der Waals surface area contributed by atoms with Crippen LogP contribution in [0, 0.1) is 15.9 Å². The van der Waals surface area contributed by atoms with Gasteiger partial charge < -0.3 is 10.6 Å². The largest absolute Gasteiger partial charge is 0.336 e. The molecule has 2 N–H and O–H groups in total. The van der Waals surface area contributed by atoms with E-state index in [0.29, 0.717) is 13.0 Å². The van der Waals surface area contributed by atoms with E-state index in [0.717, 1.165) is 11.8 Å². The Kier molecular flexibility index (Phi) is 5.83. The number of hydrogen-bond donors (Lipinski definition) is 2. The predicted octanol–water partition coefficient (Wildman–Crippen LogP) is 1.86. The SMILES string of the molecule is C[C@H](Cc1cccc(F)c1)NC(=O)NCCn1cc([N+](=O)[O-])cn1. The molecular weight excluding hydrogens is 317 g/mol. The fourth-order valence-electron chi connectivity index (χ4n) is 2.20. The molecule has 0 aliphatic rings. The van der Waals surface area contributed by atoms with Gasteiger partial charge >= 0.3 is 11.7 Å². The molecule has 2 aromatic rings. The van der Waals surface area contributed by atoms with Gasteiger partial charge in [0.2, 0.25) is 0 Å². The second-order valence-electron chi connectivity index (χ2n) is 5.35. The Balaban J connectivity index is 1.71. The van der Waals surface area contributed by atoms with Crippen LogP contribution in [0.2, 0.25) is 0 Å². The highest BCUT2D eigenvalue weighted by molar-refractivity contribution is 5.74. The van der Waals surface area contributed by atoms with Crippen molar-refractivity contribution in [1.82, 2.24) is 20.4 Å². The number of carbonyl (C=O) groups is 1. The molecule has 0 spiro atoms. The van der Waals surface area contributed by atoms with Gasteiger partial charge in [-0.25, -0.2) is 9.18 Å². The summed E-state index contributed by atoms with van der Waals surface area (Å²) in [7, 11) is 0. The van der Waals surface area contributed by atoms with Crippen LogP contribution in [0.15, 0.2) is 36.7 Å². The number of urea groups is 1. The van der Waals surface area contributed by atoms with Crippen molar-refractivity contribution in [3.05, 3.63) is 58.2 Å². The molecule has 1 heterocycles. The molecule has 8 nitrogen and oxygen atoms in total. The Morgan fingerprint density at radius 1 is 1.50 bits per heavy atom. The zero-order chi connectivity index (χ0) is 17.5. The van der Waals surface area contributed by atoms with Crippen LogP contribution in [-0.2, 0) is 13.0 Å². The molecule has 0 radical (unpaired) electrons. The van der Waals surface area contributed by atoms with Gasteiger partial charge in [-0.3, -0.25) is 14.8 Å². The van der Waals surface area contributed by atoms with E-state index < -0.39 is 4.92 Å². The minimum absolute atomic E-state index is 0.0943. The predicted molar refractivity (Wildman–Crippen MR) is 85.0 cm³/mol. The molecule has 0 bridgehead atoms. The number of nitrogens with zero attached hydrogens (tertiary/aromatic N) is 3. The highest BCUT2D eigenvalue weighted by atomic mass is 19.1. The number of carbonyl (C=O) groups excluding carboxylic acids is 1. The van der Waals surface area contributed by atoms with Gasteiger partial charge in [0.05, 0.1) is 11.5 Å². The number of benzene rings is 1. The quantitative estimate of drug-likeness (QED) is 0.595. The standard InChI is InChI=1S/C15H18FN5O3/c1-11(7-12-3-2-4-13(16)8-12)19-15(22)17-5-6-20-10-14(9-18-20)21(23)24/h2-4,8-11H,5-7H2,1H3,(H2,17,19,22)/t11-/m1/s1. The maximum absolute atomic E-state index is 13.1. The van der Waals surface area contributed by atoms with E-state index in [2.05, 4.69) is 15.7 Å². The molecule has 1 atom stereocenters. The van der Waals surface area contributed by atoms with Gasteiger partial charge in [-0.15, -0.1) is 0 Å². The minimum atomic E-state index is -0.530. The maximum Gasteiger partial charge on any atom is 0.315 e. The molecule has 9 heteroatoms. The number of nitrogens with one attached hydrogen (secondary N) is 2. The van der Waals surface area contributed by atoms with Gasteiger partial charge in [0.1, 0.15) is 18.2 Å². The summed E-state index contributed by atoms with van der Waals surface area (Å²) in [5, 5.41) is 19.8. The summed E-state index contributed by atoms with van der Waals surface area (Å²) in [5.74, 6) is -0.308. The van der Waals surface area contributed by atoms with E-state index in [1.165, 1.54) is 23.0 Å². The second kappa shape index (κ2) is 8.04. The summed E-state index contributed by atoms with van der Waals surface area (Å²) in [6, 6.07) is 5.69. The number of nitro groups is 1. The lowest BCUT2D eigenvalue weighted by molar-refractivity contribution is -0.385. The highest BCUT2D eigenvalue weighted by Crippen LogP contribution is 2.07. The number of amides is 2. The van der Waals surface area contributed by atoms with Crippen LogP contribution < -0.4 is 10.6 Å². The van der Waals surface area contributed by atoms with Crippen molar-refractivity contribution in [2.24, 2.45) is 0 Å². The summed E-state index contributed by atoms with van der Waals surface area (Å²) in [4.78, 5) is 21.8. The summed E-state index contributed by atoms with van der Waals surface area (Å²) in [5.41, 5.74) is 0.704. The molecule has 2 amide bonds. The third-order valence-electron chi connectivity index (χ3n) is 3.27. The molecule has 24 heavy (non-hydrogen) atoms. The molecule has 1 aromatic heterocycles. The van der Waals surface area contributed by atoms with Crippen molar-refractivity contribution in [3.8, 4) is 0 Å². The van der Waals surface area contributed by atoms with Crippen LogP contribution in [-0.4, -0.2) is 33.3 Å². The Morgan fingerprint density at radius 2 is 2.29 bits per heavy atom. The van der Waals surface area contributed by atoms with E-state index in [1.807, 2.05) is 6.92 Å². The Bertz CT molecular complexity index is 719. The van der Waals surface area contributed by atoms with Crippen molar-refractivity contribution in [1.29, 1.82) is 0 Å². The van der Waals surface area contributed by atoms with Gasteiger partial charge in [0.15, 0.2) is 0 Å². The zero-order valence-electron chi connectivity index (χ0n) is 13.1. The van der Waals surface area contributed by atoms with Crippen molar-refractivity contribution >= 4 is 11.7 Å². The van der Waals surface area contributed by atoms with Crippen LogP contribution in [0.5, 0.6) is 0 Å². The fraction of sp³-hybridized carbons (Fsp3) is 0.333. The summed E-state index contributed by atoms with van der Waals surface area (Å²) < 4.78 is 14.5.